The molecule has 0 unspecified atom stereocenters. The third kappa shape index (κ3) is 2.62. The maximum Gasteiger partial charge on any atom is 0.340 e. The zero-order valence-corrected chi connectivity index (χ0v) is 10.2. The van der Waals surface area contributed by atoms with Crippen molar-refractivity contribution >= 4 is 21.9 Å². The largest absolute Gasteiger partial charge is 0.478 e. The summed E-state index contributed by atoms with van der Waals surface area (Å²) in [5.41, 5.74) is 0.0938. The maximum atomic E-state index is 11.1. The summed E-state index contributed by atoms with van der Waals surface area (Å²) in [5.74, 6) is -0.274. The molecule has 0 aliphatic heterocycles. The van der Waals surface area contributed by atoms with Crippen LogP contribution in [0.4, 0.5) is 0 Å². The van der Waals surface area contributed by atoms with Gasteiger partial charge in [0.15, 0.2) is 0 Å². The topological polar surface area (TPSA) is 59.4 Å². The smallest absolute Gasteiger partial charge is 0.340 e. The molecule has 4 nitrogen and oxygen atoms in total. The van der Waals surface area contributed by atoms with E-state index in [1.807, 2.05) is 0 Å². The van der Waals surface area contributed by atoms with Crippen molar-refractivity contribution in [2.24, 2.45) is 0 Å². The van der Waals surface area contributed by atoms with Crippen LogP contribution in [-0.2, 0) is 0 Å². The van der Waals surface area contributed by atoms with Crippen LogP contribution in [0.3, 0.4) is 0 Å². The van der Waals surface area contributed by atoms with Gasteiger partial charge in [-0.15, -0.1) is 0 Å². The van der Waals surface area contributed by atoms with Gasteiger partial charge in [0.25, 0.3) is 0 Å². The lowest BCUT2D eigenvalue weighted by molar-refractivity contribution is 0.0693. The lowest BCUT2D eigenvalue weighted by Crippen LogP contribution is -2.01. The van der Waals surface area contributed by atoms with Crippen molar-refractivity contribution in [1.29, 1.82) is 0 Å². The van der Waals surface area contributed by atoms with Crippen LogP contribution >= 0.6 is 15.9 Å². The summed E-state index contributed by atoms with van der Waals surface area (Å²) in [5, 5.41) is 9.10. The molecule has 0 aliphatic rings. The number of ether oxygens (including phenoxy) is 1. The van der Waals surface area contributed by atoms with Gasteiger partial charge >= 0.3 is 5.97 Å². The second-order valence-electron chi connectivity index (χ2n) is 3.21. The summed E-state index contributed by atoms with van der Waals surface area (Å²) in [6, 6.07) is 8.39. The van der Waals surface area contributed by atoms with Crippen LogP contribution in [0.15, 0.2) is 47.2 Å². The number of carboxylic acid groups (broad SMARTS) is 1. The third-order valence-corrected chi connectivity index (χ3v) is 2.71. The number of hydrogen-bond donors (Lipinski definition) is 1. The summed E-state index contributed by atoms with van der Waals surface area (Å²) < 4.78 is 5.96. The van der Waals surface area contributed by atoms with Gasteiger partial charge in [-0.1, -0.05) is 6.07 Å². The molecule has 0 saturated heterocycles. The van der Waals surface area contributed by atoms with E-state index in [1.165, 1.54) is 6.20 Å². The van der Waals surface area contributed by atoms with Gasteiger partial charge in [0.2, 0.25) is 0 Å². The summed E-state index contributed by atoms with van der Waals surface area (Å²) in [7, 11) is 0. The van der Waals surface area contributed by atoms with Crippen LogP contribution < -0.4 is 4.74 Å². The average Bonchev–Trinajstić information content (AvgIpc) is 2.30. The number of pyridine rings is 1. The predicted octanol–water partition coefficient (Wildman–Crippen LogP) is 3.33. The SMILES string of the molecule is O=C(O)c1c(Br)cccc1Oc1cccnc1. The van der Waals surface area contributed by atoms with E-state index in [0.29, 0.717) is 10.2 Å². The number of halogens is 1. The second-order valence-corrected chi connectivity index (χ2v) is 4.06. The first kappa shape index (κ1) is 11.6. The third-order valence-electron chi connectivity index (χ3n) is 2.05. The number of nitrogens with zero attached hydrogens (tertiary/aromatic N) is 1. The fourth-order valence-electron chi connectivity index (χ4n) is 1.33. The number of hydrogen-bond acceptors (Lipinski definition) is 3. The molecule has 0 radical (unpaired) electrons. The highest BCUT2D eigenvalue weighted by Gasteiger charge is 2.15. The minimum absolute atomic E-state index is 0.0938. The maximum absolute atomic E-state index is 11.1. The molecule has 2 rings (SSSR count). The van der Waals surface area contributed by atoms with Crippen LogP contribution in [0.1, 0.15) is 10.4 Å². The summed E-state index contributed by atoms with van der Waals surface area (Å²) in [6.45, 7) is 0. The monoisotopic (exact) mass is 293 g/mol. The first-order valence-corrected chi connectivity index (χ1v) is 5.57. The molecule has 0 bridgehead atoms. The molecular weight excluding hydrogens is 286 g/mol. The lowest BCUT2D eigenvalue weighted by Gasteiger charge is -2.09. The van der Waals surface area contributed by atoms with E-state index in [4.69, 9.17) is 9.84 Å². The van der Waals surface area contributed by atoms with Crippen LogP contribution in [0.5, 0.6) is 11.5 Å². The number of carboxylic acids is 1. The quantitative estimate of drug-likeness (QED) is 0.943. The van der Waals surface area contributed by atoms with Gasteiger partial charge in [0.05, 0.1) is 6.20 Å². The lowest BCUT2D eigenvalue weighted by atomic mass is 10.2. The minimum Gasteiger partial charge on any atom is -0.478 e. The Morgan fingerprint density at radius 2 is 2.12 bits per heavy atom. The van der Waals surface area contributed by atoms with E-state index in [0.717, 1.165) is 0 Å². The van der Waals surface area contributed by atoms with E-state index < -0.39 is 5.97 Å². The van der Waals surface area contributed by atoms with Crippen molar-refractivity contribution in [2.75, 3.05) is 0 Å². The van der Waals surface area contributed by atoms with Gasteiger partial charge < -0.3 is 9.84 Å². The molecule has 86 valence electrons. The molecule has 0 saturated carbocycles. The molecule has 5 heteroatoms. The Bertz CT molecular complexity index is 543. The molecule has 1 N–H and O–H groups in total. The van der Waals surface area contributed by atoms with Crippen molar-refractivity contribution in [3.8, 4) is 11.5 Å². The van der Waals surface area contributed by atoms with Crippen molar-refractivity contribution in [3.05, 3.63) is 52.8 Å². The van der Waals surface area contributed by atoms with E-state index in [2.05, 4.69) is 20.9 Å². The fourth-order valence-corrected chi connectivity index (χ4v) is 1.85. The highest BCUT2D eigenvalue weighted by molar-refractivity contribution is 9.10. The molecule has 0 fully saturated rings. The Balaban J connectivity index is 2.40. The highest BCUT2D eigenvalue weighted by Crippen LogP contribution is 2.30. The number of aromatic nitrogens is 1. The van der Waals surface area contributed by atoms with Crippen molar-refractivity contribution in [1.82, 2.24) is 4.98 Å². The van der Waals surface area contributed by atoms with Gasteiger partial charge in [-0.05, 0) is 40.2 Å². The minimum atomic E-state index is -1.05. The van der Waals surface area contributed by atoms with E-state index in [1.54, 1.807) is 36.5 Å². The highest BCUT2D eigenvalue weighted by atomic mass is 79.9. The molecular formula is C12H8BrNO3. The molecule has 2 aromatic rings. The molecule has 0 spiro atoms. The van der Waals surface area contributed by atoms with E-state index in [-0.39, 0.29) is 11.3 Å². The average molecular weight is 294 g/mol. The van der Waals surface area contributed by atoms with Crippen molar-refractivity contribution < 1.29 is 14.6 Å². The van der Waals surface area contributed by atoms with Crippen LogP contribution in [0, 0.1) is 0 Å². The molecule has 0 atom stereocenters. The Morgan fingerprint density at radius 3 is 2.76 bits per heavy atom. The molecule has 0 aliphatic carbocycles. The van der Waals surface area contributed by atoms with Gasteiger partial charge in [0.1, 0.15) is 17.1 Å². The number of aromatic carboxylic acids is 1. The van der Waals surface area contributed by atoms with Crippen LogP contribution in [-0.4, -0.2) is 16.1 Å². The van der Waals surface area contributed by atoms with Gasteiger partial charge in [-0.2, -0.15) is 0 Å². The number of carbonyl (C=O) groups is 1. The van der Waals surface area contributed by atoms with Gasteiger partial charge in [0, 0.05) is 10.7 Å². The molecule has 1 aromatic heterocycles. The molecule has 1 aromatic carbocycles. The fraction of sp³-hybridized carbons (Fsp3) is 0. The Hall–Kier alpha value is -1.88. The Kier molecular flexibility index (Phi) is 3.39. The summed E-state index contributed by atoms with van der Waals surface area (Å²) >= 11 is 3.18. The number of benzene rings is 1. The first-order chi connectivity index (χ1) is 8.18. The first-order valence-electron chi connectivity index (χ1n) is 4.78. The van der Waals surface area contributed by atoms with Crippen molar-refractivity contribution in [3.63, 3.8) is 0 Å². The normalized spacial score (nSPS) is 9.94. The Labute approximate surface area is 106 Å². The molecule has 1 heterocycles. The van der Waals surface area contributed by atoms with E-state index in [9.17, 15) is 4.79 Å². The van der Waals surface area contributed by atoms with Gasteiger partial charge in [-0.25, -0.2) is 4.79 Å². The predicted molar refractivity (Wildman–Crippen MR) is 65.4 cm³/mol. The summed E-state index contributed by atoms with van der Waals surface area (Å²) in [4.78, 5) is 15.0. The van der Waals surface area contributed by atoms with Crippen LogP contribution in [0.25, 0.3) is 0 Å². The number of rotatable bonds is 3. The zero-order valence-electron chi connectivity index (χ0n) is 8.63. The Morgan fingerprint density at radius 1 is 1.29 bits per heavy atom. The standard InChI is InChI=1S/C12H8BrNO3/c13-9-4-1-5-10(11(9)12(15)16)17-8-3-2-6-14-7-8/h1-7H,(H,15,16). The molecule has 17 heavy (non-hydrogen) atoms. The van der Waals surface area contributed by atoms with E-state index >= 15 is 0 Å². The molecule has 0 amide bonds. The summed E-state index contributed by atoms with van der Waals surface area (Å²) in [6.07, 6.45) is 3.14. The second kappa shape index (κ2) is 4.97. The van der Waals surface area contributed by atoms with Crippen LogP contribution in [0.2, 0.25) is 0 Å². The van der Waals surface area contributed by atoms with Crippen molar-refractivity contribution in [2.45, 2.75) is 0 Å². The zero-order chi connectivity index (χ0) is 12.3. The van der Waals surface area contributed by atoms with Gasteiger partial charge in [-0.3, -0.25) is 4.98 Å².